The summed E-state index contributed by atoms with van der Waals surface area (Å²) in [6.45, 7) is -0.293. The van der Waals surface area contributed by atoms with Gasteiger partial charge < -0.3 is 4.74 Å². The van der Waals surface area contributed by atoms with Crippen molar-refractivity contribution in [2.75, 3.05) is 6.61 Å². The number of carbonyl (C=O) groups excluding carboxylic acids is 1. The van der Waals surface area contributed by atoms with Gasteiger partial charge in [-0.1, -0.05) is 29.8 Å². The van der Waals surface area contributed by atoms with Crippen molar-refractivity contribution in [3.8, 4) is 5.75 Å². The van der Waals surface area contributed by atoms with E-state index in [0.717, 1.165) is 10.9 Å². The molecule has 3 rings (SSSR count). The molecule has 0 aliphatic rings. The van der Waals surface area contributed by atoms with Gasteiger partial charge in [-0.3, -0.25) is 14.9 Å². The number of aromatic nitrogens is 1. The number of fused-ring (bicyclic) bond motifs is 1. The molecule has 2 aromatic carbocycles. The second kappa shape index (κ2) is 8.24. The SMILES string of the molecule is O=C(COc1ccc([N+](=O)[O-])cc1)NN=Cc1cc2ccccc2nc1Cl. The monoisotopic (exact) mass is 384 g/mol. The van der Waals surface area contributed by atoms with Crippen LogP contribution in [0.5, 0.6) is 5.75 Å². The molecule has 0 saturated heterocycles. The molecule has 0 aliphatic heterocycles. The highest BCUT2D eigenvalue weighted by Crippen LogP contribution is 2.19. The highest BCUT2D eigenvalue weighted by molar-refractivity contribution is 6.32. The molecule has 0 aliphatic carbocycles. The number of amides is 1. The predicted molar refractivity (Wildman–Crippen MR) is 101 cm³/mol. The summed E-state index contributed by atoms with van der Waals surface area (Å²) < 4.78 is 5.24. The standard InChI is InChI=1S/C18H13ClN4O4/c19-18-13(9-12-3-1-2-4-16(12)21-18)10-20-22-17(24)11-27-15-7-5-14(6-8-15)23(25)26/h1-10H,11H2,(H,22,24). The number of nitro benzene ring substituents is 1. The van der Waals surface area contributed by atoms with Gasteiger partial charge in [-0.2, -0.15) is 5.10 Å². The number of nitrogens with one attached hydrogen (secondary N) is 1. The van der Waals surface area contributed by atoms with E-state index >= 15 is 0 Å². The summed E-state index contributed by atoms with van der Waals surface area (Å²) in [7, 11) is 0. The quantitative estimate of drug-likeness (QED) is 0.303. The molecule has 8 nitrogen and oxygen atoms in total. The first kappa shape index (κ1) is 18.3. The Morgan fingerprint density at radius 3 is 2.74 bits per heavy atom. The maximum absolute atomic E-state index is 11.8. The molecule has 1 amide bonds. The molecule has 0 spiro atoms. The highest BCUT2D eigenvalue weighted by atomic mass is 35.5. The minimum atomic E-state index is -0.516. The van der Waals surface area contributed by atoms with E-state index in [1.54, 1.807) is 0 Å². The number of hydrogen-bond acceptors (Lipinski definition) is 6. The van der Waals surface area contributed by atoms with Crippen molar-refractivity contribution in [1.82, 2.24) is 10.4 Å². The van der Waals surface area contributed by atoms with Gasteiger partial charge in [-0.15, -0.1) is 0 Å². The molecule has 0 fully saturated rings. The largest absolute Gasteiger partial charge is 0.484 e. The third kappa shape index (κ3) is 4.77. The van der Waals surface area contributed by atoms with Gasteiger partial charge in [0, 0.05) is 23.1 Å². The molecule has 1 N–H and O–H groups in total. The van der Waals surface area contributed by atoms with E-state index in [1.807, 2.05) is 30.3 Å². The summed E-state index contributed by atoms with van der Waals surface area (Å²) in [5.74, 6) is -0.157. The van der Waals surface area contributed by atoms with E-state index in [4.69, 9.17) is 16.3 Å². The number of halogens is 1. The Bertz CT molecular complexity index is 1020. The number of benzene rings is 2. The van der Waals surface area contributed by atoms with Crippen molar-refractivity contribution in [3.63, 3.8) is 0 Å². The predicted octanol–water partition coefficient (Wildman–Crippen LogP) is 3.33. The summed E-state index contributed by atoms with van der Waals surface area (Å²) >= 11 is 6.11. The topological polar surface area (TPSA) is 107 Å². The lowest BCUT2D eigenvalue weighted by atomic mass is 10.2. The van der Waals surface area contributed by atoms with Gasteiger partial charge in [0.15, 0.2) is 6.61 Å². The molecule has 0 saturated carbocycles. The number of nitro groups is 1. The fraction of sp³-hybridized carbons (Fsp3) is 0.0556. The van der Waals surface area contributed by atoms with Crippen LogP contribution in [0.4, 0.5) is 5.69 Å². The maximum Gasteiger partial charge on any atom is 0.277 e. The third-order valence-electron chi connectivity index (χ3n) is 3.51. The van der Waals surface area contributed by atoms with Crippen molar-refractivity contribution in [2.45, 2.75) is 0 Å². The van der Waals surface area contributed by atoms with Gasteiger partial charge in [0.2, 0.25) is 0 Å². The van der Waals surface area contributed by atoms with Crippen LogP contribution in [0.25, 0.3) is 10.9 Å². The van der Waals surface area contributed by atoms with E-state index in [2.05, 4.69) is 15.5 Å². The van der Waals surface area contributed by atoms with Crippen molar-refractivity contribution in [3.05, 3.63) is 75.4 Å². The minimum Gasteiger partial charge on any atom is -0.484 e. The van der Waals surface area contributed by atoms with Crippen LogP contribution in [0.15, 0.2) is 59.7 Å². The van der Waals surface area contributed by atoms with E-state index < -0.39 is 10.8 Å². The van der Waals surface area contributed by atoms with Crippen LogP contribution >= 0.6 is 11.6 Å². The summed E-state index contributed by atoms with van der Waals surface area (Å²) in [6, 6.07) is 14.7. The summed E-state index contributed by atoms with van der Waals surface area (Å²) in [5.41, 5.74) is 3.59. The zero-order chi connectivity index (χ0) is 19.2. The van der Waals surface area contributed by atoms with Crippen LogP contribution in [-0.2, 0) is 4.79 Å². The van der Waals surface area contributed by atoms with Crippen LogP contribution in [0, 0.1) is 10.1 Å². The van der Waals surface area contributed by atoms with Crippen LogP contribution in [-0.4, -0.2) is 28.6 Å². The fourth-order valence-corrected chi connectivity index (χ4v) is 2.41. The smallest absolute Gasteiger partial charge is 0.277 e. The number of para-hydroxylation sites is 1. The van der Waals surface area contributed by atoms with Gasteiger partial charge >= 0.3 is 0 Å². The van der Waals surface area contributed by atoms with Crippen LogP contribution in [0.2, 0.25) is 5.15 Å². The van der Waals surface area contributed by atoms with E-state index in [9.17, 15) is 14.9 Å². The highest BCUT2D eigenvalue weighted by Gasteiger charge is 2.06. The maximum atomic E-state index is 11.8. The second-order valence-corrected chi connectivity index (χ2v) is 5.75. The zero-order valence-electron chi connectivity index (χ0n) is 13.8. The second-order valence-electron chi connectivity index (χ2n) is 5.39. The Labute approximate surface area is 158 Å². The van der Waals surface area contributed by atoms with Crippen LogP contribution in [0.1, 0.15) is 5.56 Å². The van der Waals surface area contributed by atoms with Crippen molar-refractivity contribution >= 4 is 40.3 Å². The number of hydrazone groups is 1. The number of carbonyl (C=O) groups is 1. The Hall–Kier alpha value is -3.52. The van der Waals surface area contributed by atoms with Gasteiger partial charge in [0.05, 0.1) is 16.7 Å². The Morgan fingerprint density at radius 1 is 1.26 bits per heavy atom. The summed E-state index contributed by atoms with van der Waals surface area (Å²) in [6.07, 6.45) is 1.39. The normalized spacial score (nSPS) is 10.9. The first-order valence-electron chi connectivity index (χ1n) is 7.77. The summed E-state index contributed by atoms with van der Waals surface area (Å²) in [5, 5.41) is 15.6. The number of pyridine rings is 1. The lowest BCUT2D eigenvalue weighted by Gasteiger charge is -2.05. The van der Waals surface area contributed by atoms with Gasteiger partial charge in [-0.05, 0) is 24.3 Å². The third-order valence-corrected chi connectivity index (χ3v) is 3.82. The van der Waals surface area contributed by atoms with Crippen molar-refractivity contribution in [2.24, 2.45) is 5.10 Å². The minimum absolute atomic E-state index is 0.0581. The zero-order valence-corrected chi connectivity index (χ0v) is 14.6. The molecule has 9 heteroatoms. The average Bonchev–Trinajstić information content (AvgIpc) is 2.67. The van der Waals surface area contributed by atoms with E-state index in [1.165, 1.54) is 30.5 Å². The number of non-ortho nitro benzene ring substituents is 1. The molecule has 0 atom stereocenters. The Kier molecular flexibility index (Phi) is 5.58. The van der Waals surface area contributed by atoms with Gasteiger partial charge in [-0.25, -0.2) is 10.4 Å². The molecular weight excluding hydrogens is 372 g/mol. The molecule has 3 aromatic rings. The molecule has 0 radical (unpaired) electrons. The number of hydrogen-bond donors (Lipinski definition) is 1. The number of nitrogens with zero attached hydrogens (tertiary/aromatic N) is 3. The van der Waals surface area contributed by atoms with Crippen LogP contribution < -0.4 is 10.2 Å². The molecule has 0 unspecified atom stereocenters. The average molecular weight is 385 g/mol. The summed E-state index contributed by atoms with van der Waals surface area (Å²) in [4.78, 5) is 26.1. The van der Waals surface area contributed by atoms with Crippen LogP contribution in [0.3, 0.4) is 0 Å². The number of rotatable bonds is 6. The molecular formula is C18H13ClN4O4. The molecule has 27 heavy (non-hydrogen) atoms. The molecule has 0 bridgehead atoms. The molecule has 1 heterocycles. The van der Waals surface area contributed by atoms with E-state index in [-0.39, 0.29) is 17.4 Å². The first-order chi connectivity index (χ1) is 13.0. The van der Waals surface area contributed by atoms with Crippen molar-refractivity contribution < 1.29 is 14.5 Å². The molecule has 136 valence electrons. The lowest BCUT2D eigenvalue weighted by Crippen LogP contribution is -2.24. The van der Waals surface area contributed by atoms with E-state index in [0.29, 0.717) is 11.3 Å². The Balaban J connectivity index is 1.55. The molecule has 1 aromatic heterocycles. The first-order valence-corrected chi connectivity index (χ1v) is 8.15. The number of ether oxygens (including phenoxy) is 1. The van der Waals surface area contributed by atoms with Gasteiger partial charge in [0.25, 0.3) is 11.6 Å². The van der Waals surface area contributed by atoms with Gasteiger partial charge in [0.1, 0.15) is 10.9 Å². The van der Waals surface area contributed by atoms with Crippen molar-refractivity contribution in [1.29, 1.82) is 0 Å². The Morgan fingerprint density at radius 2 is 2.00 bits per heavy atom. The lowest BCUT2D eigenvalue weighted by molar-refractivity contribution is -0.384. The fourth-order valence-electron chi connectivity index (χ4n) is 2.22.